The Balaban J connectivity index is 2.12. The molecule has 1 aromatic carbocycles. The number of carboxylic acids is 1. The quantitative estimate of drug-likeness (QED) is 0.791. The van der Waals surface area contributed by atoms with E-state index in [4.69, 9.17) is 5.11 Å². The van der Waals surface area contributed by atoms with Crippen LogP contribution >= 0.6 is 0 Å². The fourth-order valence-electron chi connectivity index (χ4n) is 2.32. The maximum absolute atomic E-state index is 12.2. The molecule has 2 aromatic rings. The first-order valence-electron chi connectivity index (χ1n) is 7.00. The standard InChI is InChI=1S/C16H20N2O3/c1-9(4-7-15(19)20)17-16(21)12-5-6-14-13(8-12)10(2)11(3)18-14/h5-6,8-9,18H,4,7H2,1-3H3,(H,17,21)(H,19,20). The molecule has 0 fully saturated rings. The molecular weight excluding hydrogens is 268 g/mol. The lowest BCUT2D eigenvalue weighted by Crippen LogP contribution is -2.32. The van der Waals surface area contributed by atoms with Crippen molar-refractivity contribution in [2.24, 2.45) is 0 Å². The first-order valence-corrected chi connectivity index (χ1v) is 7.00. The molecule has 0 bridgehead atoms. The molecule has 0 radical (unpaired) electrons. The zero-order valence-electron chi connectivity index (χ0n) is 12.5. The van der Waals surface area contributed by atoms with Gasteiger partial charge in [0.05, 0.1) is 0 Å². The maximum Gasteiger partial charge on any atom is 0.303 e. The first-order chi connectivity index (χ1) is 9.88. The highest BCUT2D eigenvalue weighted by molar-refractivity contribution is 5.99. The minimum atomic E-state index is -0.851. The monoisotopic (exact) mass is 288 g/mol. The van der Waals surface area contributed by atoms with Crippen molar-refractivity contribution in [2.75, 3.05) is 0 Å². The number of carbonyl (C=O) groups is 2. The summed E-state index contributed by atoms with van der Waals surface area (Å²) in [4.78, 5) is 26.0. The Bertz CT molecular complexity index is 688. The van der Waals surface area contributed by atoms with Gasteiger partial charge in [0.15, 0.2) is 0 Å². The van der Waals surface area contributed by atoms with Crippen LogP contribution in [0.4, 0.5) is 0 Å². The molecule has 0 aliphatic rings. The molecule has 2 rings (SSSR count). The number of hydrogen-bond donors (Lipinski definition) is 3. The molecule has 21 heavy (non-hydrogen) atoms. The van der Waals surface area contributed by atoms with Crippen molar-refractivity contribution in [3.63, 3.8) is 0 Å². The van der Waals surface area contributed by atoms with E-state index in [2.05, 4.69) is 10.3 Å². The first kappa shape index (κ1) is 15.1. The maximum atomic E-state index is 12.2. The van der Waals surface area contributed by atoms with Gasteiger partial charge in [0.25, 0.3) is 5.91 Å². The molecule has 5 nitrogen and oxygen atoms in total. The van der Waals surface area contributed by atoms with Crippen molar-refractivity contribution in [3.05, 3.63) is 35.0 Å². The number of aliphatic carboxylic acids is 1. The number of carbonyl (C=O) groups excluding carboxylic acids is 1. The fraction of sp³-hybridized carbons (Fsp3) is 0.375. The Morgan fingerprint density at radius 3 is 2.71 bits per heavy atom. The molecule has 1 aromatic heterocycles. The third kappa shape index (κ3) is 3.42. The molecular formula is C16H20N2O3. The fourth-order valence-corrected chi connectivity index (χ4v) is 2.32. The van der Waals surface area contributed by atoms with Gasteiger partial charge in [-0.05, 0) is 51.0 Å². The van der Waals surface area contributed by atoms with Gasteiger partial charge in [-0.15, -0.1) is 0 Å². The number of H-pyrrole nitrogens is 1. The Labute approximate surface area is 123 Å². The summed E-state index contributed by atoms with van der Waals surface area (Å²) in [6.45, 7) is 5.83. The number of carboxylic acid groups (broad SMARTS) is 1. The van der Waals surface area contributed by atoms with E-state index in [1.807, 2.05) is 32.9 Å². The summed E-state index contributed by atoms with van der Waals surface area (Å²) < 4.78 is 0. The zero-order valence-corrected chi connectivity index (χ0v) is 12.5. The molecule has 112 valence electrons. The van der Waals surface area contributed by atoms with E-state index in [-0.39, 0.29) is 18.4 Å². The number of aromatic nitrogens is 1. The molecule has 1 amide bonds. The summed E-state index contributed by atoms with van der Waals surface area (Å²) in [5, 5.41) is 12.5. The highest BCUT2D eigenvalue weighted by atomic mass is 16.4. The van der Waals surface area contributed by atoms with E-state index < -0.39 is 5.97 Å². The summed E-state index contributed by atoms with van der Waals surface area (Å²) >= 11 is 0. The summed E-state index contributed by atoms with van der Waals surface area (Å²) in [5.74, 6) is -1.02. The van der Waals surface area contributed by atoms with Crippen molar-refractivity contribution in [1.82, 2.24) is 10.3 Å². The molecule has 3 N–H and O–H groups in total. The third-order valence-electron chi connectivity index (χ3n) is 3.74. The predicted octanol–water partition coefficient (Wildman–Crippen LogP) is 2.77. The number of nitrogens with one attached hydrogen (secondary N) is 2. The number of rotatable bonds is 5. The van der Waals surface area contributed by atoms with Gasteiger partial charge in [-0.1, -0.05) is 0 Å². The normalized spacial score (nSPS) is 12.3. The lowest BCUT2D eigenvalue weighted by Gasteiger charge is -2.12. The SMILES string of the molecule is Cc1[nH]c2ccc(C(=O)NC(C)CCC(=O)O)cc2c1C. The second-order valence-electron chi connectivity index (χ2n) is 5.44. The minimum absolute atomic E-state index is 0.0522. The van der Waals surface area contributed by atoms with E-state index >= 15 is 0 Å². The molecule has 0 saturated heterocycles. The van der Waals surface area contributed by atoms with Crippen molar-refractivity contribution in [1.29, 1.82) is 0 Å². The number of amides is 1. The Kier molecular flexibility index (Phi) is 4.31. The van der Waals surface area contributed by atoms with Crippen LogP contribution in [0.15, 0.2) is 18.2 Å². The van der Waals surface area contributed by atoms with Crippen LogP contribution in [0, 0.1) is 13.8 Å². The van der Waals surface area contributed by atoms with E-state index in [0.717, 1.165) is 22.2 Å². The lowest BCUT2D eigenvalue weighted by molar-refractivity contribution is -0.137. The van der Waals surface area contributed by atoms with Crippen LogP contribution in [0.5, 0.6) is 0 Å². The van der Waals surface area contributed by atoms with Gasteiger partial charge in [0, 0.05) is 34.6 Å². The molecule has 0 aliphatic carbocycles. The average molecular weight is 288 g/mol. The second kappa shape index (κ2) is 5.99. The molecule has 0 aliphatic heterocycles. The number of hydrogen-bond acceptors (Lipinski definition) is 2. The summed E-state index contributed by atoms with van der Waals surface area (Å²) in [7, 11) is 0. The van der Waals surface area contributed by atoms with Gasteiger partial charge in [0.2, 0.25) is 0 Å². The number of aromatic amines is 1. The van der Waals surface area contributed by atoms with Crippen LogP contribution in [-0.2, 0) is 4.79 Å². The minimum Gasteiger partial charge on any atom is -0.481 e. The molecule has 5 heteroatoms. The molecule has 0 spiro atoms. The summed E-state index contributed by atoms with van der Waals surface area (Å²) in [6, 6.07) is 5.37. The Morgan fingerprint density at radius 2 is 2.05 bits per heavy atom. The van der Waals surface area contributed by atoms with Crippen molar-refractivity contribution < 1.29 is 14.7 Å². The Hall–Kier alpha value is -2.30. The molecule has 0 saturated carbocycles. The second-order valence-corrected chi connectivity index (χ2v) is 5.44. The van der Waals surface area contributed by atoms with Gasteiger partial charge in [-0.2, -0.15) is 0 Å². The zero-order chi connectivity index (χ0) is 15.6. The van der Waals surface area contributed by atoms with Crippen LogP contribution in [-0.4, -0.2) is 28.0 Å². The summed E-state index contributed by atoms with van der Waals surface area (Å²) in [6.07, 6.45) is 0.474. The average Bonchev–Trinajstić information content (AvgIpc) is 2.71. The van der Waals surface area contributed by atoms with E-state index in [0.29, 0.717) is 12.0 Å². The van der Waals surface area contributed by atoms with Gasteiger partial charge >= 0.3 is 5.97 Å². The molecule has 1 atom stereocenters. The van der Waals surface area contributed by atoms with Crippen LogP contribution in [0.3, 0.4) is 0 Å². The number of fused-ring (bicyclic) bond motifs is 1. The van der Waals surface area contributed by atoms with Crippen molar-refractivity contribution in [3.8, 4) is 0 Å². The summed E-state index contributed by atoms with van der Waals surface area (Å²) in [5.41, 5.74) is 3.84. The van der Waals surface area contributed by atoms with Gasteiger partial charge in [-0.25, -0.2) is 0 Å². The third-order valence-corrected chi connectivity index (χ3v) is 3.74. The van der Waals surface area contributed by atoms with Gasteiger partial charge < -0.3 is 15.4 Å². The highest BCUT2D eigenvalue weighted by Crippen LogP contribution is 2.22. The van der Waals surface area contributed by atoms with E-state index in [1.54, 1.807) is 6.07 Å². The van der Waals surface area contributed by atoms with Gasteiger partial charge in [0.1, 0.15) is 0 Å². The topological polar surface area (TPSA) is 82.2 Å². The lowest BCUT2D eigenvalue weighted by atomic mass is 10.1. The number of aryl methyl sites for hydroxylation is 2. The molecule has 1 heterocycles. The highest BCUT2D eigenvalue weighted by Gasteiger charge is 2.13. The van der Waals surface area contributed by atoms with E-state index in [9.17, 15) is 9.59 Å². The van der Waals surface area contributed by atoms with E-state index in [1.165, 1.54) is 0 Å². The Morgan fingerprint density at radius 1 is 1.33 bits per heavy atom. The van der Waals surface area contributed by atoms with Crippen molar-refractivity contribution >= 4 is 22.8 Å². The van der Waals surface area contributed by atoms with Crippen LogP contribution in [0.2, 0.25) is 0 Å². The smallest absolute Gasteiger partial charge is 0.303 e. The van der Waals surface area contributed by atoms with Crippen molar-refractivity contribution in [2.45, 2.75) is 39.7 Å². The van der Waals surface area contributed by atoms with Gasteiger partial charge in [-0.3, -0.25) is 9.59 Å². The molecule has 1 unspecified atom stereocenters. The van der Waals surface area contributed by atoms with Crippen LogP contribution < -0.4 is 5.32 Å². The largest absolute Gasteiger partial charge is 0.481 e. The number of benzene rings is 1. The van der Waals surface area contributed by atoms with Crippen LogP contribution in [0.1, 0.15) is 41.4 Å². The predicted molar refractivity (Wildman–Crippen MR) is 81.6 cm³/mol. The van der Waals surface area contributed by atoms with Crippen LogP contribution in [0.25, 0.3) is 10.9 Å².